The van der Waals surface area contributed by atoms with E-state index in [2.05, 4.69) is 35.2 Å². The van der Waals surface area contributed by atoms with Crippen LogP contribution in [0.4, 0.5) is 5.82 Å². The average molecular weight is 240 g/mol. The lowest BCUT2D eigenvalue weighted by Crippen LogP contribution is -2.00. The number of aryl methyl sites for hydroxylation is 2. The largest absolute Gasteiger partial charge is 0.382 e. The number of nitrogens with zero attached hydrogens (tertiary/aromatic N) is 3. The number of anilines is 1. The first-order chi connectivity index (χ1) is 8.72. The zero-order chi connectivity index (χ0) is 12.7. The van der Waals surface area contributed by atoms with E-state index in [0.29, 0.717) is 5.82 Å². The minimum Gasteiger partial charge on any atom is -0.382 e. The number of rotatable bonds is 1. The number of nitrogen functional groups attached to an aromatic ring is 1. The number of pyridine rings is 1. The first-order valence-electron chi connectivity index (χ1n) is 6.19. The van der Waals surface area contributed by atoms with Gasteiger partial charge >= 0.3 is 0 Å². The van der Waals surface area contributed by atoms with Crippen molar-refractivity contribution in [1.82, 2.24) is 14.8 Å². The van der Waals surface area contributed by atoms with E-state index in [9.17, 15) is 0 Å². The summed E-state index contributed by atoms with van der Waals surface area (Å²) < 4.78 is 1.91. The number of hydrogen-bond donors (Lipinski definition) is 1. The van der Waals surface area contributed by atoms with Crippen LogP contribution in [-0.4, -0.2) is 14.8 Å². The third-order valence-electron chi connectivity index (χ3n) is 3.40. The van der Waals surface area contributed by atoms with E-state index in [0.717, 1.165) is 35.0 Å². The van der Waals surface area contributed by atoms with Crippen molar-refractivity contribution in [3.05, 3.63) is 35.2 Å². The summed E-state index contributed by atoms with van der Waals surface area (Å²) in [4.78, 5) is 4.49. The molecule has 1 aliphatic rings. The summed E-state index contributed by atoms with van der Waals surface area (Å²) in [6.07, 6.45) is 10.1. The fraction of sp³-hybridized carbons (Fsp3) is 0.286. The molecule has 2 aromatic rings. The van der Waals surface area contributed by atoms with Gasteiger partial charge in [-0.3, -0.25) is 4.68 Å². The van der Waals surface area contributed by atoms with Gasteiger partial charge in [-0.1, -0.05) is 31.2 Å². The summed E-state index contributed by atoms with van der Waals surface area (Å²) in [6, 6.07) is 0. The van der Waals surface area contributed by atoms with E-state index in [1.807, 2.05) is 17.8 Å². The fourth-order valence-corrected chi connectivity index (χ4v) is 2.57. The smallest absolute Gasteiger partial charge is 0.152 e. The van der Waals surface area contributed by atoms with Crippen molar-refractivity contribution in [1.29, 1.82) is 0 Å². The van der Waals surface area contributed by atoms with E-state index in [-0.39, 0.29) is 0 Å². The van der Waals surface area contributed by atoms with E-state index in [1.54, 1.807) is 0 Å². The highest BCUT2D eigenvalue weighted by atomic mass is 15.3. The summed E-state index contributed by atoms with van der Waals surface area (Å²) >= 11 is 0. The molecule has 0 unspecified atom stereocenters. The van der Waals surface area contributed by atoms with Gasteiger partial charge in [0, 0.05) is 30.1 Å². The third kappa shape index (κ3) is 1.45. The summed E-state index contributed by atoms with van der Waals surface area (Å²) in [7, 11) is 1.96. The van der Waals surface area contributed by atoms with Crippen LogP contribution in [-0.2, 0) is 19.9 Å². The van der Waals surface area contributed by atoms with Crippen LogP contribution in [0.1, 0.15) is 23.9 Å². The number of allylic oxidation sites excluding steroid dienone is 3. The molecule has 2 N–H and O–H groups in total. The quantitative estimate of drug-likeness (QED) is 0.831. The van der Waals surface area contributed by atoms with Crippen LogP contribution in [0.5, 0.6) is 0 Å². The molecular weight excluding hydrogens is 224 g/mol. The number of aromatic nitrogens is 3. The van der Waals surface area contributed by atoms with Gasteiger partial charge in [-0.15, -0.1) is 0 Å². The van der Waals surface area contributed by atoms with Gasteiger partial charge < -0.3 is 5.73 Å². The lowest BCUT2D eigenvalue weighted by molar-refractivity contribution is 0.728. The highest BCUT2D eigenvalue weighted by Crippen LogP contribution is 2.30. The predicted molar refractivity (Wildman–Crippen MR) is 74.2 cm³/mol. The molecule has 0 saturated carbocycles. The molecule has 4 heteroatoms. The van der Waals surface area contributed by atoms with Crippen LogP contribution in [0.15, 0.2) is 18.2 Å². The second kappa shape index (κ2) is 3.98. The Labute approximate surface area is 106 Å². The molecule has 0 aliphatic heterocycles. The molecule has 0 amide bonds. The molecule has 4 nitrogen and oxygen atoms in total. The Kier molecular flexibility index (Phi) is 2.44. The van der Waals surface area contributed by atoms with Crippen molar-refractivity contribution in [2.24, 2.45) is 7.05 Å². The monoisotopic (exact) mass is 240 g/mol. The van der Waals surface area contributed by atoms with Crippen molar-refractivity contribution in [3.63, 3.8) is 0 Å². The maximum atomic E-state index is 6.03. The zero-order valence-corrected chi connectivity index (χ0v) is 10.6. The van der Waals surface area contributed by atoms with Crippen LogP contribution in [0, 0.1) is 0 Å². The van der Waals surface area contributed by atoms with Crippen molar-refractivity contribution in [2.75, 3.05) is 5.73 Å². The standard InChI is InChI=1S/C14H16N4/c1-3-11-12-9-7-5-4-6-8-10(9)16-14(15)13(12)17-18(11)2/h4-7H,3,8H2,1-2H3,(H2,15,16). The second-order valence-electron chi connectivity index (χ2n) is 4.50. The van der Waals surface area contributed by atoms with E-state index < -0.39 is 0 Å². The minimum absolute atomic E-state index is 0.530. The molecule has 0 aromatic carbocycles. The summed E-state index contributed by atoms with van der Waals surface area (Å²) in [5, 5.41) is 5.65. The first kappa shape index (κ1) is 11.0. The molecule has 92 valence electrons. The summed E-state index contributed by atoms with van der Waals surface area (Å²) in [5.74, 6) is 0.530. The Morgan fingerprint density at radius 2 is 2.22 bits per heavy atom. The van der Waals surface area contributed by atoms with Gasteiger partial charge in [-0.2, -0.15) is 5.10 Å². The number of nitrogens with two attached hydrogens (primary N) is 1. The minimum atomic E-state index is 0.530. The molecule has 18 heavy (non-hydrogen) atoms. The molecular formula is C14H16N4. The molecule has 1 aliphatic carbocycles. The van der Waals surface area contributed by atoms with Gasteiger partial charge in [0.15, 0.2) is 5.82 Å². The second-order valence-corrected chi connectivity index (χ2v) is 4.50. The molecule has 2 aromatic heterocycles. The normalized spacial score (nSPS) is 13.9. The summed E-state index contributed by atoms with van der Waals surface area (Å²) in [5.41, 5.74) is 10.3. The maximum absolute atomic E-state index is 6.03. The highest BCUT2D eigenvalue weighted by molar-refractivity contribution is 5.97. The van der Waals surface area contributed by atoms with E-state index in [1.165, 1.54) is 5.69 Å². The van der Waals surface area contributed by atoms with Crippen LogP contribution in [0.3, 0.4) is 0 Å². The molecule has 2 heterocycles. The van der Waals surface area contributed by atoms with Crippen molar-refractivity contribution in [2.45, 2.75) is 19.8 Å². The zero-order valence-electron chi connectivity index (χ0n) is 10.6. The average Bonchev–Trinajstić information content (AvgIpc) is 2.54. The fourth-order valence-electron chi connectivity index (χ4n) is 2.57. The lowest BCUT2D eigenvalue weighted by atomic mass is 10.0. The van der Waals surface area contributed by atoms with Gasteiger partial charge in [0.25, 0.3) is 0 Å². The Morgan fingerprint density at radius 3 is 3.00 bits per heavy atom. The van der Waals surface area contributed by atoms with Gasteiger partial charge in [0.1, 0.15) is 5.52 Å². The third-order valence-corrected chi connectivity index (χ3v) is 3.40. The predicted octanol–water partition coefficient (Wildman–Crippen LogP) is 2.24. The summed E-state index contributed by atoms with van der Waals surface area (Å²) in [6.45, 7) is 2.14. The molecule has 0 bridgehead atoms. The van der Waals surface area contributed by atoms with Gasteiger partial charge in [0.2, 0.25) is 0 Å². The topological polar surface area (TPSA) is 56.7 Å². The molecule has 3 rings (SSSR count). The van der Waals surface area contributed by atoms with Crippen LogP contribution >= 0.6 is 0 Å². The molecule has 0 saturated heterocycles. The van der Waals surface area contributed by atoms with Crippen molar-refractivity contribution >= 4 is 22.8 Å². The Bertz CT molecular complexity index is 677. The Morgan fingerprint density at radius 1 is 1.39 bits per heavy atom. The number of fused-ring (bicyclic) bond motifs is 3. The molecule has 0 spiro atoms. The van der Waals surface area contributed by atoms with Crippen molar-refractivity contribution < 1.29 is 0 Å². The SMILES string of the molecule is CCc1c2c3c(nc(N)c2nn1C)CC=CC=C3. The first-order valence-corrected chi connectivity index (χ1v) is 6.19. The Hall–Kier alpha value is -2.10. The molecule has 0 fully saturated rings. The van der Waals surface area contributed by atoms with Gasteiger partial charge in [-0.25, -0.2) is 4.98 Å². The van der Waals surface area contributed by atoms with Crippen LogP contribution in [0.25, 0.3) is 17.0 Å². The maximum Gasteiger partial charge on any atom is 0.152 e. The van der Waals surface area contributed by atoms with Gasteiger partial charge in [-0.05, 0) is 6.42 Å². The number of hydrogen-bond acceptors (Lipinski definition) is 3. The van der Waals surface area contributed by atoms with Crippen molar-refractivity contribution in [3.8, 4) is 0 Å². The molecule has 0 atom stereocenters. The van der Waals surface area contributed by atoms with Crippen LogP contribution < -0.4 is 5.73 Å². The Balaban J connectivity index is 2.46. The van der Waals surface area contributed by atoms with E-state index in [4.69, 9.17) is 5.73 Å². The van der Waals surface area contributed by atoms with Gasteiger partial charge in [0.05, 0.1) is 5.69 Å². The van der Waals surface area contributed by atoms with Crippen LogP contribution in [0.2, 0.25) is 0 Å². The lowest BCUT2D eigenvalue weighted by Gasteiger charge is -2.07. The van der Waals surface area contributed by atoms with E-state index >= 15 is 0 Å². The highest BCUT2D eigenvalue weighted by Gasteiger charge is 2.17. The molecule has 0 radical (unpaired) electrons.